The molecular weight excluding hydrogens is 481 g/mol. The van der Waals surface area contributed by atoms with Crippen LogP contribution in [0, 0.1) is 6.92 Å². The van der Waals surface area contributed by atoms with Gasteiger partial charge < -0.3 is 0 Å². The second-order valence-corrected chi connectivity index (χ2v) is 12.8. The molecule has 0 spiro atoms. The van der Waals surface area contributed by atoms with Crippen molar-refractivity contribution in [3.05, 3.63) is 102 Å². The monoisotopic (exact) mass is 501 g/mol. The van der Waals surface area contributed by atoms with E-state index in [0.29, 0.717) is 0 Å². The van der Waals surface area contributed by atoms with Crippen LogP contribution in [0.25, 0.3) is 0 Å². The molecule has 0 bridgehead atoms. The molecule has 7 heteroatoms. The van der Waals surface area contributed by atoms with Crippen molar-refractivity contribution in [3.63, 3.8) is 0 Å². The first kappa shape index (κ1) is 19.7. The van der Waals surface area contributed by atoms with Crippen LogP contribution in [0.2, 0.25) is 0 Å². The summed E-state index contributed by atoms with van der Waals surface area (Å²) in [6.45, 7) is 1.94. The van der Waals surface area contributed by atoms with Crippen LogP contribution < -0.4 is 4.06 Å². The molecule has 1 fully saturated rings. The fourth-order valence-corrected chi connectivity index (χ4v) is 10.8. The maximum atomic E-state index is 13.6. The maximum absolute atomic E-state index is 13.6. The van der Waals surface area contributed by atoms with Crippen molar-refractivity contribution in [2.45, 2.75) is 23.9 Å². The Balaban J connectivity index is 1.84. The molecule has 4 rings (SSSR count). The molecule has 0 saturated carbocycles. The van der Waals surface area contributed by atoms with Crippen molar-refractivity contribution in [1.82, 2.24) is 7.11 Å². The average molecular weight is 501 g/mol. The second-order valence-electron chi connectivity index (χ2n) is 6.60. The number of nitrogens with one attached hydrogen (secondary N) is 1. The van der Waals surface area contributed by atoms with Crippen LogP contribution in [0.1, 0.15) is 28.8 Å². The summed E-state index contributed by atoms with van der Waals surface area (Å²) in [5, 5.41) is 0. The van der Waals surface area contributed by atoms with E-state index in [1.165, 1.54) is 3.05 Å². The minimum atomic E-state index is -3.74. The fourth-order valence-electron chi connectivity index (χ4n) is 3.28. The number of hydrogen-bond donors (Lipinski definition) is 1. The van der Waals surface area contributed by atoms with E-state index in [-0.39, 0.29) is 10.9 Å². The summed E-state index contributed by atoms with van der Waals surface area (Å²) in [5.74, 6) is 0. The Bertz CT molecular complexity index is 1050. The van der Waals surface area contributed by atoms with Crippen LogP contribution in [0.5, 0.6) is 0 Å². The van der Waals surface area contributed by atoms with E-state index in [1.807, 2.05) is 79.7 Å². The third kappa shape index (κ3) is 3.68. The van der Waals surface area contributed by atoms with Gasteiger partial charge in [0.25, 0.3) is 0 Å². The molecule has 0 amide bonds. The Morgan fingerprint density at radius 3 is 1.96 bits per heavy atom. The topological polar surface area (TPSA) is 49.4 Å². The molecule has 147 valence electrons. The number of nitrogens with zero attached hydrogens (tertiary/aromatic N) is 1. The molecule has 0 radical (unpaired) electrons. The normalized spacial score (nSPS) is 22.3. The number of aryl methyl sites for hydroxylation is 1. The Morgan fingerprint density at radius 1 is 0.857 bits per heavy atom. The van der Waals surface area contributed by atoms with Crippen LogP contribution >= 0.6 is 9.69 Å². The summed E-state index contributed by atoms with van der Waals surface area (Å²) in [6, 6.07) is 25.9. The molecule has 2 unspecified atom stereocenters. The minimum absolute atomic E-state index is 0.194. The third-order valence-electron chi connectivity index (χ3n) is 4.70. The van der Waals surface area contributed by atoms with Gasteiger partial charge in [-0.1, -0.05) is 0 Å². The molecule has 1 saturated heterocycles. The summed E-state index contributed by atoms with van der Waals surface area (Å²) in [6.07, 6.45) is 0. The zero-order valence-corrected chi connectivity index (χ0v) is 18.5. The number of hydrogen-bond acceptors (Lipinski definition) is 3. The summed E-state index contributed by atoms with van der Waals surface area (Å²) >= 11 is -2.51. The molecule has 1 heterocycles. The third-order valence-corrected chi connectivity index (χ3v) is 12.0. The zero-order valence-electron chi connectivity index (χ0n) is 15.1. The number of benzene rings is 3. The van der Waals surface area contributed by atoms with Gasteiger partial charge in [0.05, 0.1) is 0 Å². The first-order valence-corrected chi connectivity index (χ1v) is 14.1. The van der Waals surface area contributed by atoms with Gasteiger partial charge in [-0.05, 0) is 0 Å². The van der Waals surface area contributed by atoms with Gasteiger partial charge in [0, 0.05) is 0 Å². The van der Waals surface area contributed by atoms with E-state index in [9.17, 15) is 8.42 Å². The molecule has 1 aliphatic rings. The van der Waals surface area contributed by atoms with Gasteiger partial charge in [-0.2, -0.15) is 0 Å². The Labute approximate surface area is 175 Å². The first-order chi connectivity index (χ1) is 13.5. The quantitative estimate of drug-likeness (QED) is 0.529. The Kier molecular flexibility index (Phi) is 5.68. The van der Waals surface area contributed by atoms with Crippen molar-refractivity contribution >= 4 is 19.7 Å². The van der Waals surface area contributed by atoms with Gasteiger partial charge in [-0.3, -0.25) is 0 Å². The average Bonchev–Trinajstić information content (AvgIpc) is 3.07. The predicted molar refractivity (Wildman–Crippen MR) is 108 cm³/mol. The number of rotatable bonds is 4. The molecule has 3 aromatic carbocycles. The van der Waals surface area contributed by atoms with Gasteiger partial charge in [0.15, 0.2) is 0 Å². The predicted octanol–water partition coefficient (Wildman–Crippen LogP) is 4.67. The second kappa shape index (κ2) is 8.05. The standard InChI is InChI=1S/C21H20N2O2S.ClH.Ru/c1-16-12-14-19(15-13-16)26(24,25)23-21(18-10-6-3-7-11-18)20(22)17-8-4-2-5-9-17;;/h2-15,20-22H,1H3;1H;/q-2;;+3/p-1. The summed E-state index contributed by atoms with van der Waals surface area (Å²) in [7, 11) is 2.97. The Morgan fingerprint density at radius 2 is 1.39 bits per heavy atom. The van der Waals surface area contributed by atoms with Crippen molar-refractivity contribution in [1.29, 1.82) is 0 Å². The first-order valence-electron chi connectivity index (χ1n) is 8.79. The summed E-state index contributed by atoms with van der Waals surface area (Å²) < 4.78 is 32.0. The van der Waals surface area contributed by atoms with Crippen LogP contribution in [0.3, 0.4) is 0 Å². The van der Waals surface area contributed by atoms with E-state index >= 15 is 0 Å². The van der Waals surface area contributed by atoms with E-state index < -0.39 is 31.5 Å². The molecule has 1 N–H and O–H groups in total. The molecular formula is C21H20ClN2O2RuS. The molecule has 0 aliphatic carbocycles. The molecule has 0 aromatic heterocycles. The van der Waals surface area contributed by atoms with Gasteiger partial charge in [-0.15, -0.1) is 0 Å². The van der Waals surface area contributed by atoms with Crippen molar-refractivity contribution in [2.24, 2.45) is 0 Å². The van der Waals surface area contributed by atoms with Crippen LogP contribution in [-0.2, 0) is 25.5 Å². The summed E-state index contributed by atoms with van der Waals surface area (Å²) in [4.78, 5) is 0.272. The number of halogens is 1. The van der Waals surface area contributed by atoms with Gasteiger partial charge >= 0.3 is 176 Å². The van der Waals surface area contributed by atoms with Crippen LogP contribution in [0.15, 0.2) is 89.8 Å². The molecule has 2 atom stereocenters. The molecule has 28 heavy (non-hydrogen) atoms. The van der Waals surface area contributed by atoms with Crippen molar-refractivity contribution in [2.75, 3.05) is 0 Å². The summed E-state index contributed by atoms with van der Waals surface area (Å²) in [5.41, 5.74) is 2.97. The van der Waals surface area contributed by atoms with Crippen molar-refractivity contribution in [3.8, 4) is 0 Å². The fraction of sp³-hybridized carbons (Fsp3) is 0.143. The SMILES string of the molecule is Cc1ccc([S@SP3](=O)(=O)[N]2C(c3ccccc3)C(c3ccccc3)[NH][Ru@SP3]2[Cl])cc1. The molecule has 3 aromatic rings. The van der Waals surface area contributed by atoms with Crippen LogP contribution in [-0.4, -0.2) is 11.5 Å². The van der Waals surface area contributed by atoms with E-state index in [0.717, 1.165) is 16.7 Å². The van der Waals surface area contributed by atoms with E-state index in [2.05, 4.69) is 4.06 Å². The van der Waals surface area contributed by atoms with Crippen LogP contribution in [0.4, 0.5) is 0 Å². The van der Waals surface area contributed by atoms with E-state index in [4.69, 9.17) is 9.69 Å². The van der Waals surface area contributed by atoms with Gasteiger partial charge in [0.1, 0.15) is 0 Å². The van der Waals surface area contributed by atoms with E-state index in [1.54, 1.807) is 12.1 Å². The number of sulfonamides is 1. The zero-order chi connectivity index (χ0) is 19.7. The molecule has 1 aliphatic heterocycles. The van der Waals surface area contributed by atoms with Gasteiger partial charge in [0.2, 0.25) is 0 Å². The molecule has 4 nitrogen and oxygen atoms in total. The van der Waals surface area contributed by atoms with Gasteiger partial charge in [-0.25, -0.2) is 0 Å². The van der Waals surface area contributed by atoms with Crippen molar-refractivity contribution < 1.29 is 23.9 Å². The Hall–Kier alpha value is -1.56.